The smallest absolute Gasteiger partial charge is 0.0991 e. The van der Waals surface area contributed by atoms with Crippen LogP contribution in [0.3, 0.4) is 0 Å². The third-order valence-corrected chi connectivity index (χ3v) is 4.73. The SMILES string of the molecule is N#Cc1ccc(C2CN(Cc3ccccc3)CC2CCO)cc1. The van der Waals surface area contributed by atoms with Crippen molar-refractivity contribution in [2.75, 3.05) is 19.7 Å². The molecule has 1 saturated heterocycles. The van der Waals surface area contributed by atoms with Gasteiger partial charge in [-0.25, -0.2) is 0 Å². The van der Waals surface area contributed by atoms with E-state index < -0.39 is 0 Å². The maximum Gasteiger partial charge on any atom is 0.0991 e. The normalized spacial score (nSPS) is 21.2. The molecule has 0 aromatic heterocycles. The Morgan fingerprint density at radius 1 is 1.04 bits per heavy atom. The second-order valence-corrected chi connectivity index (χ2v) is 6.29. The van der Waals surface area contributed by atoms with Gasteiger partial charge in [-0.2, -0.15) is 5.26 Å². The van der Waals surface area contributed by atoms with Crippen LogP contribution in [0.1, 0.15) is 29.0 Å². The van der Waals surface area contributed by atoms with E-state index in [1.807, 2.05) is 18.2 Å². The van der Waals surface area contributed by atoms with Crippen LogP contribution < -0.4 is 0 Å². The van der Waals surface area contributed by atoms with Crippen molar-refractivity contribution >= 4 is 0 Å². The lowest BCUT2D eigenvalue weighted by Crippen LogP contribution is -2.20. The van der Waals surface area contributed by atoms with Gasteiger partial charge in [0.15, 0.2) is 0 Å². The van der Waals surface area contributed by atoms with Crippen LogP contribution in [0.4, 0.5) is 0 Å². The molecular formula is C20H22N2O. The van der Waals surface area contributed by atoms with Crippen molar-refractivity contribution in [2.45, 2.75) is 18.9 Å². The van der Waals surface area contributed by atoms with Gasteiger partial charge in [-0.05, 0) is 35.6 Å². The van der Waals surface area contributed by atoms with Gasteiger partial charge in [0.25, 0.3) is 0 Å². The predicted molar refractivity (Wildman–Crippen MR) is 90.8 cm³/mol. The van der Waals surface area contributed by atoms with Crippen LogP contribution in [0.2, 0.25) is 0 Å². The van der Waals surface area contributed by atoms with Crippen molar-refractivity contribution in [1.82, 2.24) is 4.90 Å². The van der Waals surface area contributed by atoms with Gasteiger partial charge in [0, 0.05) is 32.2 Å². The number of hydrogen-bond acceptors (Lipinski definition) is 3. The summed E-state index contributed by atoms with van der Waals surface area (Å²) in [5.74, 6) is 0.898. The highest BCUT2D eigenvalue weighted by atomic mass is 16.3. The van der Waals surface area contributed by atoms with Gasteiger partial charge >= 0.3 is 0 Å². The number of rotatable bonds is 5. The maximum atomic E-state index is 9.39. The molecule has 23 heavy (non-hydrogen) atoms. The summed E-state index contributed by atoms with van der Waals surface area (Å²) in [6, 6.07) is 20.6. The summed E-state index contributed by atoms with van der Waals surface area (Å²) in [4.78, 5) is 2.47. The summed E-state index contributed by atoms with van der Waals surface area (Å²) in [6.07, 6.45) is 0.829. The zero-order valence-electron chi connectivity index (χ0n) is 13.2. The fourth-order valence-corrected chi connectivity index (χ4v) is 3.57. The van der Waals surface area contributed by atoms with Crippen LogP contribution in [0, 0.1) is 17.2 Å². The lowest BCUT2D eigenvalue weighted by Gasteiger charge is -2.17. The molecule has 0 aliphatic carbocycles. The summed E-state index contributed by atoms with van der Waals surface area (Å²) >= 11 is 0. The molecule has 0 bridgehead atoms. The van der Waals surface area contributed by atoms with E-state index in [1.54, 1.807) is 0 Å². The van der Waals surface area contributed by atoms with E-state index in [0.717, 1.165) is 26.1 Å². The first-order valence-corrected chi connectivity index (χ1v) is 8.17. The Balaban J connectivity index is 1.74. The summed E-state index contributed by atoms with van der Waals surface area (Å²) < 4.78 is 0. The minimum absolute atomic E-state index is 0.233. The molecule has 1 aliphatic heterocycles. The Bertz CT molecular complexity index is 660. The number of aliphatic hydroxyl groups excluding tert-OH is 1. The highest BCUT2D eigenvalue weighted by Crippen LogP contribution is 2.35. The van der Waals surface area contributed by atoms with Crippen molar-refractivity contribution in [1.29, 1.82) is 5.26 Å². The van der Waals surface area contributed by atoms with E-state index >= 15 is 0 Å². The van der Waals surface area contributed by atoms with E-state index in [-0.39, 0.29) is 6.61 Å². The molecule has 1 fully saturated rings. The van der Waals surface area contributed by atoms with Crippen LogP contribution in [0.5, 0.6) is 0 Å². The van der Waals surface area contributed by atoms with E-state index in [9.17, 15) is 5.11 Å². The quantitative estimate of drug-likeness (QED) is 0.923. The highest BCUT2D eigenvalue weighted by Gasteiger charge is 2.33. The largest absolute Gasteiger partial charge is 0.396 e. The molecule has 3 heteroatoms. The molecule has 2 atom stereocenters. The van der Waals surface area contributed by atoms with Crippen LogP contribution in [0.25, 0.3) is 0 Å². The minimum atomic E-state index is 0.233. The topological polar surface area (TPSA) is 47.3 Å². The van der Waals surface area contributed by atoms with Crippen molar-refractivity contribution in [2.24, 2.45) is 5.92 Å². The minimum Gasteiger partial charge on any atom is -0.396 e. The van der Waals surface area contributed by atoms with E-state index in [4.69, 9.17) is 5.26 Å². The Kier molecular flexibility index (Phi) is 5.07. The fourth-order valence-electron chi connectivity index (χ4n) is 3.57. The standard InChI is InChI=1S/C20H22N2O/c21-12-16-6-8-18(9-7-16)20-15-22(14-19(20)10-11-23)13-17-4-2-1-3-5-17/h1-9,19-20,23H,10-11,13-15H2. The second-order valence-electron chi connectivity index (χ2n) is 6.29. The third kappa shape index (κ3) is 3.79. The van der Waals surface area contributed by atoms with E-state index in [0.29, 0.717) is 17.4 Å². The summed E-state index contributed by atoms with van der Waals surface area (Å²) in [5.41, 5.74) is 3.31. The summed E-state index contributed by atoms with van der Waals surface area (Å²) in [7, 11) is 0. The average Bonchev–Trinajstić information content (AvgIpc) is 2.99. The molecule has 1 heterocycles. The highest BCUT2D eigenvalue weighted by molar-refractivity contribution is 5.34. The number of nitrogens with zero attached hydrogens (tertiary/aromatic N) is 2. The molecule has 0 saturated carbocycles. The number of nitriles is 1. The van der Waals surface area contributed by atoms with Crippen molar-refractivity contribution in [3.05, 3.63) is 71.3 Å². The van der Waals surface area contributed by atoms with Gasteiger partial charge in [0.1, 0.15) is 0 Å². The average molecular weight is 306 g/mol. The third-order valence-electron chi connectivity index (χ3n) is 4.73. The number of benzene rings is 2. The van der Waals surface area contributed by atoms with Crippen LogP contribution in [-0.2, 0) is 6.54 Å². The molecule has 1 aliphatic rings. The fraction of sp³-hybridized carbons (Fsp3) is 0.350. The van der Waals surface area contributed by atoms with Crippen molar-refractivity contribution < 1.29 is 5.11 Å². The molecule has 118 valence electrons. The van der Waals surface area contributed by atoms with E-state index in [2.05, 4.69) is 47.4 Å². The number of likely N-dealkylation sites (tertiary alicyclic amines) is 1. The Hall–Kier alpha value is -2.15. The Labute approximate surface area is 137 Å². The first-order chi connectivity index (χ1) is 11.3. The lowest BCUT2D eigenvalue weighted by atomic mass is 9.87. The first-order valence-electron chi connectivity index (χ1n) is 8.17. The van der Waals surface area contributed by atoms with Crippen molar-refractivity contribution in [3.8, 4) is 6.07 Å². The lowest BCUT2D eigenvalue weighted by molar-refractivity contribution is 0.246. The van der Waals surface area contributed by atoms with Gasteiger partial charge in [0.2, 0.25) is 0 Å². The second kappa shape index (κ2) is 7.41. The Morgan fingerprint density at radius 3 is 2.43 bits per heavy atom. The summed E-state index contributed by atoms with van der Waals surface area (Å²) in [6.45, 7) is 3.21. The van der Waals surface area contributed by atoms with Crippen molar-refractivity contribution in [3.63, 3.8) is 0 Å². The zero-order chi connectivity index (χ0) is 16.1. The van der Waals surface area contributed by atoms with Gasteiger partial charge in [0.05, 0.1) is 11.6 Å². The van der Waals surface area contributed by atoms with Gasteiger partial charge in [-0.3, -0.25) is 4.90 Å². The molecule has 1 N–H and O–H groups in total. The summed E-state index contributed by atoms with van der Waals surface area (Å²) in [5, 5.41) is 18.3. The number of hydrogen-bond donors (Lipinski definition) is 1. The first kappa shape index (κ1) is 15.7. The van der Waals surface area contributed by atoms with Gasteiger partial charge in [-0.15, -0.1) is 0 Å². The monoisotopic (exact) mass is 306 g/mol. The molecule has 0 amide bonds. The Morgan fingerprint density at radius 2 is 1.78 bits per heavy atom. The molecular weight excluding hydrogens is 284 g/mol. The molecule has 3 rings (SSSR count). The molecule has 3 nitrogen and oxygen atoms in total. The molecule has 0 spiro atoms. The molecule has 2 unspecified atom stereocenters. The van der Waals surface area contributed by atoms with Crippen LogP contribution in [-0.4, -0.2) is 29.7 Å². The van der Waals surface area contributed by atoms with Gasteiger partial charge < -0.3 is 5.11 Å². The van der Waals surface area contributed by atoms with Gasteiger partial charge in [-0.1, -0.05) is 42.5 Å². The number of aliphatic hydroxyl groups is 1. The maximum absolute atomic E-state index is 9.39. The van der Waals surface area contributed by atoms with Crippen LogP contribution >= 0.6 is 0 Å². The molecule has 2 aromatic carbocycles. The zero-order valence-corrected chi connectivity index (χ0v) is 13.2. The molecule has 0 radical (unpaired) electrons. The van der Waals surface area contributed by atoms with Crippen LogP contribution in [0.15, 0.2) is 54.6 Å². The molecule has 2 aromatic rings. The predicted octanol–water partition coefficient (Wildman–Crippen LogP) is 3.16. The van der Waals surface area contributed by atoms with E-state index in [1.165, 1.54) is 11.1 Å².